The first-order valence-corrected chi connectivity index (χ1v) is 6.99. The highest BCUT2D eigenvalue weighted by Gasteiger charge is 2.15. The Hall–Kier alpha value is -2.21. The summed E-state index contributed by atoms with van der Waals surface area (Å²) in [6, 6.07) is 6.11. The lowest BCUT2D eigenvalue weighted by Gasteiger charge is -2.16. The molecule has 0 aliphatic carbocycles. The number of hydrogen-bond donors (Lipinski definition) is 2. The van der Waals surface area contributed by atoms with Gasteiger partial charge in [0.2, 0.25) is 0 Å². The molecule has 2 rings (SSSR count). The van der Waals surface area contributed by atoms with E-state index in [1.54, 1.807) is 10.9 Å². The van der Waals surface area contributed by atoms with Crippen molar-refractivity contribution in [3.63, 3.8) is 0 Å². The normalized spacial score (nSPS) is 12.2. The van der Waals surface area contributed by atoms with E-state index in [1.807, 2.05) is 26.0 Å². The number of benzene rings is 1. The van der Waals surface area contributed by atoms with Crippen molar-refractivity contribution < 1.29 is 4.79 Å². The van der Waals surface area contributed by atoms with Crippen LogP contribution >= 0.6 is 0 Å². The fourth-order valence-electron chi connectivity index (χ4n) is 2.30. The molecule has 21 heavy (non-hydrogen) atoms. The second-order valence-corrected chi connectivity index (χ2v) is 5.21. The van der Waals surface area contributed by atoms with Gasteiger partial charge in [-0.1, -0.05) is 29.0 Å². The largest absolute Gasteiger partial charge is 0.344 e. The van der Waals surface area contributed by atoms with Gasteiger partial charge in [-0.05, 0) is 31.9 Å². The molecule has 2 aromatic rings. The summed E-state index contributed by atoms with van der Waals surface area (Å²) in [4.78, 5) is 12.2. The van der Waals surface area contributed by atoms with Gasteiger partial charge < -0.3 is 11.1 Å². The second kappa shape index (κ2) is 6.49. The Morgan fingerprint density at radius 3 is 2.86 bits per heavy atom. The molecule has 6 nitrogen and oxygen atoms in total. The van der Waals surface area contributed by atoms with Gasteiger partial charge in [0.25, 0.3) is 5.91 Å². The summed E-state index contributed by atoms with van der Waals surface area (Å²) < 4.78 is 1.57. The van der Waals surface area contributed by atoms with Gasteiger partial charge in [-0.3, -0.25) is 9.48 Å². The molecular formula is C15H21N5O. The van der Waals surface area contributed by atoms with E-state index in [2.05, 4.69) is 28.6 Å². The van der Waals surface area contributed by atoms with Gasteiger partial charge in [0.1, 0.15) is 0 Å². The molecular weight excluding hydrogens is 266 g/mol. The number of rotatable bonds is 5. The highest BCUT2D eigenvalue weighted by molar-refractivity contribution is 5.92. The second-order valence-electron chi connectivity index (χ2n) is 5.21. The van der Waals surface area contributed by atoms with Crippen LogP contribution in [0, 0.1) is 13.8 Å². The summed E-state index contributed by atoms with van der Waals surface area (Å²) in [7, 11) is 0. The number of nitrogens with two attached hydrogens (primary N) is 1. The molecule has 3 N–H and O–H groups in total. The number of aromatic nitrogens is 3. The zero-order valence-corrected chi connectivity index (χ0v) is 12.6. The zero-order valence-electron chi connectivity index (χ0n) is 12.6. The van der Waals surface area contributed by atoms with Crippen molar-refractivity contribution in [3.8, 4) is 0 Å². The Morgan fingerprint density at radius 2 is 2.19 bits per heavy atom. The van der Waals surface area contributed by atoms with Crippen LogP contribution in [0.15, 0.2) is 24.4 Å². The number of nitrogens with zero attached hydrogens (tertiary/aromatic N) is 3. The quantitative estimate of drug-likeness (QED) is 0.869. The van der Waals surface area contributed by atoms with E-state index in [0.717, 1.165) is 11.1 Å². The lowest BCUT2D eigenvalue weighted by molar-refractivity contribution is 0.0934. The van der Waals surface area contributed by atoms with Crippen LogP contribution in [0.1, 0.15) is 40.1 Å². The van der Waals surface area contributed by atoms with E-state index in [9.17, 15) is 4.79 Å². The molecule has 0 aliphatic heterocycles. The van der Waals surface area contributed by atoms with Crippen molar-refractivity contribution in [2.75, 3.05) is 6.54 Å². The van der Waals surface area contributed by atoms with E-state index in [4.69, 9.17) is 5.73 Å². The van der Waals surface area contributed by atoms with E-state index >= 15 is 0 Å². The van der Waals surface area contributed by atoms with Crippen molar-refractivity contribution >= 4 is 5.91 Å². The third-order valence-electron chi connectivity index (χ3n) is 3.37. The number of carbonyl (C=O) groups excluding carboxylic acids is 1. The van der Waals surface area contributed by atoms with Crippen molar-refractivity contribution in [1.82, 2.24) is 20.3 Å². The molecule has 1 amide bonds. The average Bonchev–Trinajstić information content (AvgIpc) is 2.87. The van der Waals surface area contributed by atoms with Crippen LogP contribution in [-0.2, 0) is 6.54 Å². The first-order valence-electron chi connectivity index (χ1n) is 6.99. The Bertz CT molecular complexity index is 635. The third-order valence-corrected chi connectivity index (χ3v) is 3.37. The molecule has 0 fully saturated rings. The predicted octanol–water partition coefficient (Wildman–Crippen LogP) is 1.34. The molecule has 0 bridgehead atoms. The summed E-state index contributed by atoms with van der Waals surface area (Å²) >= 11 is 0. The number of amides is 1. The van der Waals surface area contributed by atoms with Crippen LogP contribution in [0.4, 0.5) is 0 Å². The standard InChI is InChI=1S/C15H21N5O/c1-10-4-5-13(11(2)8-10)12(3)17-15(21)14-9-20(7-6-16)19-18-14/h4-5,8-9,12H,6-7,16H2,1-3H3,(H,17,21)/t12-/m0/s1. The van der Waals surface area contributed by atoms with Crippen LogP contribution in [0.2, 0.25) is 0 Å². The van der Waals surface area contributed by atoms with Crippen LogP contribution in [0.25, 0.3) is 0 Å². The molecule has 0 aliphatic rings. The maximum Gasteiger partial charge on any atom is 0.273 e. The van der Waals surface area contributed by atoms with Gasteiger partial charge in [-0.2, -0.15) is 0 Å². The van der Waals surface area contributed by atoms with E-state index in [0.29, 0.717) is 18.8 Å². The lowest BCUT2D eigenvalue weighted by atomic mass is 10.0. The van der Waals surface area contributed by atoms with Crippen molar-refractivity contribution in [2.24, 2.45) is 5.73 Å². The summed E-state index contributed by atoms with van der Waals surface area (Å²) in [5.74, 6) is -0.231. The number of carbonyl (C=O) groups is 1. The minimum atomic E-state index is -0.231. The third kappa shape index (κ3) is 3.66. The first kappa shape index (κ1) is 15.2. The summed E-state index contributed by atoms with van der Waals surface area (Å²) in [5, 5.41) is 10.7. The van der Waals surface area contributed by atoms with E-state index in [-0.39, 0.29) is 11.9 Å². The van der Waals surface area contributed by atoms with Gasteiger partial charge in [-0.25, -0.2) is 0 Å². The monoisotopic (exact) mass is 287 g/mol. The number of hydrogen-bond acceptors (Lipinski definition) is 4. The fraction of sp³-hybridized carbons (Fsp3) is 0.400. The maximum absolute atomic E-state index is 12.2. The molecule has 1 atom stereocenters. The van der Waals surface area contributed by atoms with E-state index < -0.39 is 0 Å². The molecule has 1 heterocycles. The van der Waals surface area contributed by atoms with Gasteiger partial charge in [-0.15, -0.1) is 5.10 Å². The molecule has 0 unspecified atom stereocenters. The van der Waals surface area contributed by atoms with Crippen LogP contribution in [0.3, 0.4) is 0 Å². The molecule has 112 valence electrons. The molecule has 0 saturated carbocycles. The maximum atomic E-state index is 12.2. The molecule has 0 saturated heterocycles. The highest BCUT2D eigenvalue weighted by Crippen LogP contribution is 2.18. The SMILES string of the molecule is Cc1ccc([C@H](C)NC(=O)c2cn(CCN)nn2)c(C)c1. The average molecular weight is 287 g/mol. The Balaban J connectivity index is 2.07. The Kier molecular flexibility index (Phi) is 4.70. The van der Waals surface area contributed by atoms with Crippen LogP contribution < -0.4 is 11.1 Å². The minimum Gasteiger partial charge on any atom is -0.344 e. The Morgan fingerprint density at radius 1 is 1.43 bits per heavy atom. The predicted molar refractivity (Wildman–Crippen MR) is 80.9 cm³/mol. The number of nitrogens with one attached hydrogen (secondary N) is 1. The minimum absolute atomic E-state index is 0.0854. The van der Waals surface area contributed by atoms with Crippen molar-refractivity contribution in [3.05, 3.63) is 46.8 Å². The summed E-state index contributed by atoms with van der Waals surface area (Å²) in [6.45, 7) is 7.06. The van der Waals surface area contributed by atoms with Gasteiger partial charge in [0.15, 0.2) is 5.69 Å². The lowest BCUT2D eigenvalue weighted by Crippen LogP contribution is -2.27. The van der Waals surface area contributed by atoms with Crippen molar-refractivity contribution in [2.45, 2.75) is 33.4 Å². The first-order chi connectivity index (χ1) is 10.0. The van der Waals surface area contributed by atoms with Crippen molar-refractivity contribution in [1.29, 1.82) is 0 Å². The Labute approximate surface area is 124 Å². The summed E-state index contributed by atoms with van der Waals surface area (Å²) in [6.07, 6.45) is 1.61. The molecule has 0 radical (unpaired) electrons. The number of aryl methyl sites for hydroxylation is 2. The molecule has 6 heteroatoms. The summed E-state index contributed by atoms with van der Waals surface area (Å²) in [5.41, 5.74) is 9.22. The van der Waals surface area contributed by atoms with Crippen LogP contribution in [0.5, 0.6) is 0 Å². The molecule has 0 spiro atoms. The van der Waals surface area contributed by atoms with Gasteiger partial charge >= 0.3 is 0 Å². The van der Waals surface area contributed by atoms with Gasteiger partial charge in [0, 0.05) is 6.54 Å². The van der Waals surface area contributed by atoms with Crippen LogP contribution in [-0.4, -0.2) is 27.4 Å². The highest BCUT2D eigenvalue weighted by atomic mass is 16.2. The molecule has 1 aromatic heterocycles. The molecule has 1 aromatic carbocycles. The zero-order chi connectivity index (χ0) is 15.4. The van der Waals surface area contributed by atoms with Gasteiger partial charge in [0.05, 0.1) is 18.8 Å². The topological polar surface area (TPSA) is 85.8 Å². The fourth-order valence-corrected chi connectivity index (χ4v) is 2.30. The smallest absolute Gasteiger partial charge is 0.273 e. The van der Waals surface area contributed by atoms with E-state index in [1.165, 1.54) is 5.56 Å².